The highest BCUT2D eigenvalue weighted by atomic mass is 32.2. The van der Waals surface area contributed by atoms with Crippen LogP contribution in [0.15, 0.2) is 78.2 Å². The van der Waals surface area contributed by atoms with Crippen LogP contribution in [0.1, 0.15) is 16.4 Å². The molecular weight excluding hydrogens is 375 g/mol. The van der Waals surface area contributed by atoms with E-state index in [9.17, 15) is 18.0 Å². The highest BCUT2D eigenvalue weighted by molar-refractivity contribution is 8.00. The first kappa shape index (κ1) is 18.9. The third kappa shape index (κ3) is 5.07. The number of hydrogen-bond acceptors (Lipinski definition) is 4. The molecule has 0 saturated heterocycles. The lowest BCUT2D eigenvalue weighted by atomic mass is 10.1. The van der Waals surface area contributed by atoms with Crippen LogP contribution < -0.4 is 5.32 Å². The van der Waals surface area contributed by atoms with Gasteiger partial charge in [0.2, 0.25) is 5.91 Å². The van der Waals surface area contributed by atoms with Gasteiger partial charge in [-0.05, 0) is 29.8 Å². The Kier molecular flexibility index (Phi) is 5.75. The van der Waals surface area contributed by atoms with Gasteiger partial charge in [0.1, 0.15) is 5.25 Å². The Morgan fingerprint density at radius 1 is 0.963 bits per heavy atom. The molecule has 1 atom stereocenters. The number of halogens is 3. The molecule has 3 rings (SSSR count). The van der Waals surface area contributed by atoms with Crippen molar-refractivity contribution in [1.29, 1.82) is 0 Å². The van der Waals surface area contributed by atoms with Gasteiger partial charge in [-0.15, -0.1) is 0 Å². The van der Waals surface area contributed by atoms with Crippen molar-refractivity contribution >= 4 is 23.4 Å². The Morgan fingerprint density at radius 2 is 1.67 bits per heavy atom. The number of alkyl halides is 3. The number of anilines is 1. The summed E-state index contributed by atoms with van der Waals surface area (Å²) in [5.41, 5.74) is -0.0552. The van der Waals surface area contributed by atoms with E-state index in [2.05, 4.69) is 15.3 Å². The highest BCUT2D eigenvalue weighted by Crippen LogP contribution is 2.35. The maximum Gasteiger partial charge on any atom is 0.416 e. The van der Waals surface area contributed by atoms with Gasteiger partial charge in [0.05, 0.1) is 5.56 Å². The van der Waals surface area contributed by atoms with Crippen LogP contribution in [0.25, 0.3) is 0 Å². The Morgan fingerprint density at radius 3 is 2.33 bits per heavy atom. The third-order valence-electron chi connectivity index (χ3n) is 3.56. The predicted molar refractivity (Wildman–Crippen MR) is 97.1 cm³/mol. The fraction of sp³-hybridized carbons (Fsp3) is 0.105. The number of nitrogens with one attached hydrogen (secondary N) is 1. The molecular formula is C19H14F3N3OS. The predicted octanol–water partition coefficient (Wildman–Crippen LogP) is 4.97. The normalized spacial score (nSPS) is 12.4. The van der Waals surface area contributed by atoms with Crippen LogP contribution >= 0.6 is 11.8 Å². The van der Waals surface area contributed by atoms with E-state index >= 15 is 0 Å². The van der Waals surface area contributed by atoms with Crippen molar-refractivity contribution in [2.45, 2.75) is 16.6 Å². The molecule has 1 unspecified atom stereocenters. The van der Waals surface area contributed by atoms with Gasteiger partial charge < -0.3 is 5.32 Å². The minimum absolute atomic E-state index is 0.0744. The third-order valence-corrected chi connectivity index (χ3v) is 4.71. The largest absolute Gasteiger partial charge is 0.416 e. The van der Waals surface area contributed by atoms with Crippen LogP contribution in [0.4, 0.5) is 18.9 Å². The van der Waals surface area contributed by atoms with Crippen molar-refractivity contribution in [3.8, 4) is 0 Å². The molecule has 27 heavy (non-hydrogen) atoms. The van der Waals surface area contributed by atoms with Gasteiger partial charge >= 0.3 is 6.18 Å². The van der Waals surface area contributed by atoms with Crippen LogP contribution in [0, 0.1) is 0 Å². The molecule has 2 aromatic carbocycles. The summed E-state index contributed by atoms with van der Waals surface area (Å²) in [7, 11) is 0. The smallest absolute Gasteiger partial charge is 0.325 e. The van der Waals surface area contributed by atoms with Gasteiger partial charge in [0, 0.05) is 18.1 Å². The molecule has 8 heteroatoms. The Balaban J connectivity index is 1.85. The summed E-state index contributed by atoms with van der Waals surface area (Å²) in [5.74, 6) is -0.460. The summed E-state index contributed by atoms with van der Waals surface area (Å²) in [6.07, 6.45) is -1.36. The van der Waals surface area contributed by atoms with Gasteiger partial charge in [0.25, 0.3) is 0 Å². The molecule has 1 amide bonds. The van der Waals surface area contributed by atoms with Gasteiger partial charge in [-0.2, -0.15) is 13.2 Å². The molecule has 0 saturated carbocycles. The molecule has 0 aliphatic carbocycles. The number of nitrogens with zero attached hydrogens (tertiary/aromatic N) is 2. The molecule has 3 aromatic rings. The summed E-state index contributed by atoms with van der Waals surface area (Å²) in [6.45, 7) is 0. The lowest BCUT2D eigenvalue weighted by Gasteiger charge is -2.17. The topological polar surface area (TPSA) is 54.9 Å². The zero-order valence-electron chi connectivity index (χ0n) is 13.9. The van der Waals surface area contributed by atoms with Crippen LogP contribution in [0.2, 0.25) is 0 Å². The lowest BCUT2D eigenvalue weighted by molar-refractivity contribution is -0.137. The molecule has 0 aliphatic heterocycles. The molecule has 1 heterocycles. The molecule has 1 N–H and O–H groups in total. The van der Waals surface area contributed by atoms with Gasteiger partial charge in [-0.25, -0.2) is 9.97 Å². The van der Waals surface area contributed by atoms with Crippen LogP contribution in [0.5, 0.6) is 0 Å². The van der Waals surface area contributed by atoms with E-state index in [1.165, 1.54) is 12.1 Å². The van der Waals surface area contributed by atoms with Crippen molar-refractivity contribution in [1.82, 2.24) is 9.97 Å². The molecule has 0 aliphatic rings. The van der Waals surface area contributed by atoms with Gasteiger partial charge in [-0.3, -0.25) is 4.79 Å². The van der Waals surface area contributed by atoms with Crippen molar-refractivity contribution < 1.29 is 18.0 Å². The molecule has 0 radical (unpaired) electrons. The molecule has 0 fully saturated rings. The first-order valence-electron chi connectivity index (χ1n) is 7.90. The number of rotatable bonds is 5. The fourth-order valence-electron chi connectivity index (χ4n) is 2.33. The minimum Gasteiger partial charge on any atom is -0.325 e. The SMILES string of the molecule is O=C(Nc1cccc(C(F)(F)F)c1)C(Sc1ncccn1)c1ccccc1. The van der Waals surface area contributed by atoms with E-state index < -0.39 is 22.9 Å². The van der Waals surface area contributed by atoms with Crippen molar-refractivity contribution in [2.24, 2.45) is 0 Å². The number of carbonyl (C=O) groups excluding carboxylic acids is 1. The average molecular weight is 389 g/mol. The van der Waals surface area contributed by atoms with Gasteiger partial charge in [-0.1, -0.05) is 48.2 Å². The monoisotopic (exact) mass is 389 g/mol. The maximum absolute atomic E-state index is 12.9. The molecule has 138 valence electrons. The summed E-state index contributed by atoms with van der Waals surface area (Å²) < 4.78 is 38.6. The van der Waals surface area contributed by atoms with Crippen molar-refractivity contribution in [3.63, 3.8) is 0 Å². The summed E-state index contributed by atoms with van der Waals surface area (Å²) in [4.78, 5) is 21.0. The first-order valence-corrected chi connectivity index (χ1v) is 8.78. The second-order valence-electron chi connectivity index (χ2n) is 5.51. The number of hydrogen-bond donors (Lipinski definition) is 1. The minimum atomic E-state index is -4.48. The standard InChI is InChI=1S/C19H14F3N3OS/c20-19(21,22)14-8-4-9-15(12-14)25-17(26)16(13-6-2-1-3-7-13)27-18-23-10-5-11-24-18/h1-12,16H,(H,25,26). The maximum atomic E-state index is 12.9. The second kappa shape index (κ2) is 8.22. The Hall–Kier alpha value is -2.87. The molecule has 1 aromatic heterocycles. The number of benzene rings is 2. The molecule has 0 spiro atoms. The van der Waals surface area contributed by atoms with Crippen LogP contribution in [-0.4, -0.2) is 15.9 Å². The van der Waals surface area contributed by atoms with E-state index in [1.807, 2.05) is 6.07 Å². The molecule has 4 nitrogen and oxygen atoms in total. The van der Waals surface area contributed by atoms with Gasteiger partial charge in [0.15, 0.2) is 5.16 Å². The van der Waals surface area contributed by atoms with E-state index in [0.717, 1.165) is 23.9 Å². The first-order chi connectivity index (χ1) is 12.9. The highest BCUT2D eigenvalue weighted by Gasteiger charge is 2.31. The lowest BCUT2D eigenvalue weighted by Crippen LogP contribution is -2.19. The van der Waals surface area contributed by atoms with Crippen LogP contribution in [0.3, 0.4) is 0 Å². The second-order valence-corrected chi connectivity index (χ2v) is 6.58. The molecule has 0 bridgehead atoms. The number of aromatic nitrogens is 2. The average Bonchev–Trinajstić information content (AvgIpc) is 2.67. The fourth-order valence-corrected chi connectivity index (χ4v) is 3.25. The van der Waals surface area contributed by atoms with E-state index in [-0.39, 0.29) is 5.69 Å². The van der Waals surface area contributed by atoms with Crippen molar-refractivity contribution in [2.75, 3.05) is 5.32 Å². The zero-order valence-corrected chi connectivity index (χ0v) is 14.7. The van der Waals surface area contributed by atoms with E-state index in [1.54, 1.807) is 42.7 Å². The van der Waals surface area contributed by atoms with E-state index in [4.69, 9.17) is 0 Å². The zero-order chi connectivity index (χ0) is 19.3. The Labute approximate surface area is 157 Å². The van der Waals surface area contributed by atoms with Crippen LogP contribution in [-0.2, 0) is 11.0 Å². The quantitative estimate of drug-likeness (QED) is 0.495. The number of thioether (sulfide) groups is 1. The van der Waals surface area contributed by atoms with Crippen molar-refractivity contribution in [3.05, 3.63) is 84.2 Å². The Bertz CT molecular complexity index is 905. The summed E-state index contributed by atoms with van der Waals surface area (Å²) in [5, 5.41) is 2.23. The number of amides is 1. The number of carbonyl (C=O) groups is 1. The van der Waals surface area contributed by atoms with E-state index in [0.29, 0.717) is 10.7 Å². The summed E-state index contributed by atoms with van der Waals surface area (Å²) >= 11 is 1.12. The summed E-state index contributed by atoms with van der Waals surface area (Å²) in [6, 6.07) is 15.1.